The van der Waals surface area contributed by atoms with E-state index in [0.29, 0.717) is 0 Å². The molecule has 0 spiro atoms. The maximum absolute atomic E-state index is 11.7. The number of amidine groups is 1. The molecule has 1 aromatic heterocycles. The lowest BCUT2D eigenvalue weighted by atomic mass is 10.1. The number of carboxylic acid groups (broad SMARTS) is 2. The minimum atomic E-state index is -1.84. The molecular weight excluding hydrogens is 288 g/mol. The van der Waals surface area contributed by atoms with Gasteiger partial charge in [-0.05, 0) is 11.4 Å². The fourth-order valence-corrected chi connectivity index (χ4v) is 2.59. The molecule has 1 aliphatic heterocycles. The second-order valence-electron chi connectivity index (χ2n) is 3.89. The fourth-order valence-electron chi connectivity index (χ4n) is 1.68. The van der Waals surface area contributed by atoms with E-state index in [4.69, 9.17) is 10.2 Å². The summed E-state index contributed by atoms with van der Waals surface area (Å²) in [6.45, 7) is 0. The zero-order valence-electron chi connectivity index (χ0n) is 10.1. The van der Waals surface area contributed by atoms with E-state index >= 15 is 0 Å². The fraction of sp³-hybridized carbons (Fsp3) is 0.182. The highest BCUT2D eigenvalue weighted by Crippen LogP contribution is 2.22. The summed E-state index contributed by atoms with van der Waals surface area (Å²) in [5.41, 5.74) is -0.105. The normalized spacial score (nSPS) is 18.9. The smallest absolute Gasteiger partial charge is 0.337 e. The molecule has 0 aliphatic carbocycles. The number of rotatable bonds is 3. The highest BCUT2D eigenvalue weighted by atomic mass is 32.1. The first kappa shape index (κ1) is 13.9. The third-order valence-corrected chi connectivity index (χ3v) is 3.58. The van der Waals surface area contributed by atoms with Crippen molar-refractivity contribution < 1.29 is 29.4 Å². The lowest BCUT2D eigenvalue weighted by Gasteiger charge is -2.24. The third kappa shape index (κ3) is 2.07. The van der Waals surface area contributed by atoms with Gasteiger partial charge in [0, 0.05) is 7.05 Å². The maximum atomic E-state index is 11.7. The first-order chi connectivity index (χ1) is 9.34. The molecule has 20 heavy (non-hydrogen) atoms. The van der Waals surface area contributed by atoms with Crippen LogP contribution in [0.15, 0.2) is 16.4 Å². The van der Waals surface area contributed by atoms with Gasteiger partial charge in [0.15, 0.2) is 0 Å². The van der Waals surface area contributed by atoms with Gasteiger partial charge in [-0.1, -0.05) is 0 Å². The highest BCUT2D eigenvalue weighted by Gasteiger charge is 2.40. The number of aliphatic carboxylic acids is 1. The molecule has 8 nitrogen and oxygen atoms in total. The first-order valence-electron chi connectivity index (χ1n) is 5.28. The Hall–Kier alpha value is -2.55. The quantitative estimate of drug-likeness (QED) is 0.582. The zero-order chi connectivity index (χ0) is 15.0. The molecule has 0 saturated carbocycles. The number of nitrogens with zero attached hydrogens (tertiary/aromatic N) is 2. The van der Waals surface area contributed by atoms with Gasteiger partial charge in [-0.2, -0.15) is 0 Å². The van der Waals surface area contributed by atoms with Crippen molar-refractivity contribution in [3.8, 4) is 0 Å². The van der Waals surface area contributed by atoms with Crippen LogP contribution in [0.1, 0.15) is 15.2 Å². The minimum absolute atomic E-state index is 0.105. The topological polar surface area (TPSA) is 124 Å². The van der Waals surface area contributed by atoms with Crippen LogP contribution in [0.2, 0.25) is 0 Å². The van der Waals surface area contributed by atoms with Crippen molar-refractivity contribution in [2.75, 3.05) is 7.05 Å². The van der Waals surface area contributed by atoms with E-state index in [9.17, 15) is 19.2 Å². The highest BCUT2D eigenvalue weighted by molar-refractivity contribution is 7.12. The number of carbonyl (C=O) groups is 4. The van der Waals surface area contributed by atoms with Crippen LogP contribution in [0.3, 0.4) is 0 Å². The van der Waals surface area contributed by atoms with Gasteiger partial charge in [-0.25, -0.2) is 14.6 Å². The molecule has 9 heteroatoms. The number of aliphatic imine (C=N–C) groups is 1. The van der Waals surface area contributed by atoms with Crippen LogP contribution in [0.4, 0.5) is 0 Å². The van der Waals surface area contributed by atoms with Crippen LogP contribution >= 0.6 is 11.3 Å². The Balaban J connectivity index is 2.59. The molecule has 0 bridgehead atoms. The van der Waals surface area contributed by atoms with Crippen LogP contribution < -0.4 is 0 Å². The second-order valence-corrected chi connectivity index (χ2v) is 4.81. The number of thiophene rings is 1. The van der Waals surface area contributed by atoms with E-state index in [1.165, 1.54) is 18.5 Å². The molecule has 1 unspecified atom stereocenters. The van der Waals surface area contributed by atoms with Crippen LogP contribution in [0, 0.1) is 0 Å². The van der Waals surface area contributed by atoms with Crippen molar-refractivity contribution in [1.29, 1.82) is 0 Å². The lowest BCUT2D eigenvalue weighted by Crippen LogP contribution is -2.50. The minimum Gasteiger partial charge on any atom is -0.479 e. The summed E-state index contributed by atoms with van der Waals surface area (Å²) in [6.07, 6.45) is 0. The monoisotopic (exact) mass is 296 g/mol. The third-order valence-electron chi connectivity index (χ3n) is 2.67. The predicted molar refractivity (Wildman–Crippen MR) is 67.0 cm³/mol. The molecule has 0 radical (unpaired) electrons. The summed E-state index contributed by atoms with van der Waals surface area (Å²) in [5.74, 6) is -5.10. The van der Waals surface area contributed by atoms with E-state index in [1.807, 2.05) is 0 Å². The number of carbonyl (C=O) groups excluding carboxylic acids is 2. The van der Waals surface area contributed by atoms with Gasteiger partial charge in [0.1, 0.15) is 5.84 Å². The summed E-state index contributed by atoms with van der Waals surface area (Å²) in [6, 6.07) is -0.521. The predicted octanol–water partition coefficient (Wildman–Crippen LogP) is -0.313. The molecule has 0 saturated heterocycles. The van der Waals surface area contributed by atoms with Gasteiger partial charge in [-0.15, -0.1) is 11.3 Å². The number of amides is 1. The molecule has 0 aromatic carbocycles. The van der Waals surface area contributed by atoms with E-state index in [0.717, 1.165) is 16.2 Å². The number of Topliss-reactive ketones (excluding diaryl/α,β-unsaturated/α-hetero) is 1. The Morgan fingerprint density at radius 1 is 1.35 bits per heavy atom. The van der Waals surface area contributed by atoms with E-state index in [2.05, 4.69) is 4.99 Å². The standard InChI is InChI=1S/C11H8N2O6S/c1-13-8(7-4(10(16)17)2-3-20-7)12-5(11(18)19)6(14)9(13)15/h2-3,5H,1H3,(H,16,17)(H,18,19). The van der Waals surface area contributed by atoms with Crippen LogP contribution in [-0.2, 0) is 14.4 Å². The van der Waals surface area contributed by atoms with Crippen LogP contribution in [0.25, 0.3) is 0 Å². The number of aromatic carboxylic acids is 1. The number of hydrogen-bond acceptors (Lipinski definition) is 6. The molecule has 1 aromatic rings. The Labute approximate surface area is 116 Å². The van der Waals surface area contributed by atoms with E-state index in [1.54, 1.807) is 0 Å². The van der Waals surface area contributed by atoms with Gasteiger partial charge >= 0.3 is 11.9 Å². The molecule has 1 amide bonds. The summed E-state index contributed by atoms with van der Waals surface area (Å²) < 4.78 is 0. The Morgan fingerprint density at radius 2 is 2.00 bits per heavy atom. The summed E-state index contributed by atoms with van der Waals surface area (Å²) in [5, 5.41) is 19.4. The van der Waals surface area contributed by atoms with Crippen molar-refractivity contribution in [2.24, 2.45) is 4.99 Å². The lowest BCUT2D eigenvalue weighted by molar-refractivity contribution is -0.149. The Bertz CT molecular complexity index is 662. The number of carboxylic acids is 2. The van der Waals surface area contributed by atoms with Crippen molar-refractivity contribution in [3.63, 3.8) is 0 Å². The molecule has 2 heterocycles. The first-order valence-corrected chi connectivity index (χ1v) is 6.16. The Morgan fingerprint density at radius 3 is 2.55 bits per heavy atom. The number of hydrogen-bond donors (Lipinski definition) is 2. The molecule has 1 atom stereocenters. The van der Waals surface area contributed by atoms with Crippen molar-refractivity contribution in [3.05, 3.63) is 21.9 Å². The largest absolute Gasteiger partial charge is 0.479 e. The number of ketones is 1. The van der Waals surface area contributed by atoms with Crippen LogP contribution in [0.5, 0.6) is 0 Å². The summed E-state index contributed by atoms with van der Waals surface area (Å²) in [7, 11) is 1.24. The van der Waals surface area contributed by atoms with Crippen molar-refractivity contribution in [2.45, 2.75) is 6.04 Å². The van der Waals surface area contributed by atoms with Gasteiger partial charge in [0.25, 0.3) is 11.7 Å². The second kappa shape index (κ2) is 4.85. The molecular formula is C11H8N2O6S. The average molecular weight is 296 g/mol. The van der Waals surface area contributed by atoms with Crippen LogP contribution in [-0.4, -0.2) is 57.7 Å². The van der Waals surface area contributed by atoms with Gasteiger partial charge in [-0.3, -0.25) is 14.5 Å². The van der Waals surface area contributed by atoms with Crippen molar-refractivity contribution >= 4 is 40.8 Å². The molecule has 2 N–H and O–H groups in total. The Kier molecular flexibility index (Phi) is 3.36. The van der Waals surface area contributed by atoms with Gasteiger partial charge in [0.2, 0.25) is 6.04 Å². The van der Waals surface area contributed by atoms with Gasteiger partial charge < -0.3 is 10.2 Å². The van der Waals surface area contributed by atoms with Gasteiger partial charge in [0.05, 0.1) is 10.4 Å². The van der Waals surface area contributed by atoms with E-state index in [-0.39, 0.29) is 16.3 Å². The molecule has 104 valence electrons. The summed E-state index contributed by atoms with van der Waals surface area (Å²) >= 11 is 0.995. The summed E-state index contributed by atoms with van der Waals surface area (Å²) in [4.78, 5) is 49.9. The maximum Gasteiger partial charge on any atom is 0.337 e. The molecule has 1 aliphatic rings. The SMILES string of the molecule is CN1C(=O)C(=O)C(C(=O)O)N=C1c1sccc1C(=O)O. The molecule has 2 rings (SSSR count). The van der Waals surface area contributed by atoms with E-state index < -0.39 is 29.7 Å². The number of likely N-dealkylation sites (N-methyl/N-ethyl adjacent to an activating group) is 1. The zero-order valence-corrected chi connectivity index (χ0v) is 10.9. The van der Waals surface area contributed by atoms with Crippen molar-refractivity contribution in [1.82, 2.24) is 4.90 Å². The average Bonchev–Trinajstić information content (AvgIpc) is 2.85. The molecule has 0 fully saturated rings.